The van der Waals surface area contributed by atoms with E-state index < -0.39 is 29.7 Å². The number of methoxy groups -OCH3 is 2. The zero-order valence-corrected chi connectivity index (χ0v) is 22.3. The molecular weight excluding hydrogens is 486 g/mol. The summed E-state index contributed by atoms with van der Waals surface area (Å²) in [7, 11) is 3.14. The Morgan fingerprint density at radius 1 is 0.921 bits per heavy atom. The van der Waals surface area contributed by atoms with Crippen LogP contribution in [0.5, 0.6) is 11.5 Å². The van der Waals surface area contributed by atoms with Crippen LogP contribution in [0.1, 0.15) is 50.2 Å². The van der Waals surface area contributed by atoms with Gasteiger partial charge in [-0.3, -0.25) is 9.59 Å². The van der Waals surface area contributed by atoms with E-state index in [1.54, 1.807) is 47.1 Å². The SMILES string of the molecule is CCOC(=O)C1=C(C)NC2=C(C(=O)[C@H](C(=O)OCC)[C@@H](c3cccc(OC)c3)C2)[C@@H]1c1ccc(OC)cc1. The van der Waals surface area contributed by atoms with Gasteiger partial charge < -0.3 is 24.3 Å². The van der Waals surface area contributed by atoms with Crippen LogP contribution in [0.4, 0.5) is 0 Å². The number of rotatable bonds is 8. The molecule has 3 atom stereocenters. The van der Waals surface area contributed by atoms with Crippen molar-refractivity contribution in [2.24, 2.45) is 5.92 Å². The van der Waals surface area contributed by atoms with Crippen molar-refractivity contribution in [3.63, 3.8) is 0 Å². The highest BCUT2D eigenvalue weighted by Crippen LogP contribution is 2.48. The summed E-state index contributed by atoms with van der Waals surface area (Å²) in [4.78, 5) is 40.8. The van der Waals surface area contributed by atoms with Gasteiger partial charge in [-0.2, -0.15) is 0 Å². The van der Waals surface area contributed by atoms with Gasteiger partial charge in [-0.25, -0.2) is 4.79 Å². The molecule has 0 radical (unpaired) electrons. The fourth-order valence-corrected chi connectivity index (χ4v) is 5.33. The van der Waals surface area contributed by atoms with Crippen molar-refractivity contribution in [1.82, 2.24) is 5.32 Å². The van der Waals surface area contributed by atoms with E-state index in [1.165, 1.54) is 0 Å². The fourth-order valence-electron chi connectivity index (χ4n) is 5.33. The first-order chi connectivity index (χ1) is 18.3. The Balaban J connectivity index is 1.89. The molecule has 0 fully saturated rings. The summed E-state index contributed by atoms with van der Waals surface area (Å²) < 4.78 is 21.5. The molecule has 0 bridgehead atoms. The lowest BCUT2D eigenvalue weighted by molar-refractivity contribution is -0.152. The molecule has 8 nitrogen and oxygen atoms in total. The minimum Gasteiger partial charge on any atom is -0.497 e. The topological polar surface area (TPSA) is 100 Å². The number of nitrogens with one attached hydrogen (secondary N) is 1. The summed E-state index contributed by atoms with van der Waals surface area (Å²) in [5, 5.41) is 3.31. The Labute approximate surface area is 222 Å². The molecule has 8 heteroatoms. The van der Waals surface area contributed by atoms with E-state index in [0.29, 0.717) is 40.5 Å². The predicted octanol–water partition coefficient (Wildman–Crippen LogP) is 4.42. The molecule has 38 heavy (non-hydrogen) atoms. The zero-order chi connectivity index (χ0) is 27.4. The van der Waals surface area contributed by atoms with Gasteiger partial charge in [0.25, 0.3) is 0 Å². The van der Waals surface area contributed by atoms with E-state index in [-0.39, 0.29) is 19.0 Å². The summed E-state index contributed by atoms with van der Waals surface area (Å²) in [6, 6.07) is 14.6. The zero-order valence-electron chi connectivity index (χ0n) is 22.3. The maximum absolute atomic E-state index is 14.3. The van der Waals surface area contributed by atoms with Crippen LogP contribution >= 0.6 is 0 Å². The molecule has 1 aliphatic heterocycles. The Bertz CT molecular complexity index is 1290. The molecule has 2 aromatic carbocycles. The molecule has 0 saturated carbocycles. The smallest absolute Gasteiger partial charge is 0.336 e. The average Bonchev–Trinajstić information content (AvgIpc) is 2.92. The quantitative estimate of drug-likeness (QED) is 0.404. The van der Waals surface area contributed by atoms with E-state index in [4.69, 9.17) is 18.9 Å². The number of allylic oxidation sites excluding steroid dienone is 3. The molecule has 4 rings (SSSR count). The van der Waals surface area contributed by atoms with Crippen LogP contribution in [-0.4, -0.2) is 45.2 Å². The van der Waals surface area contributed by atoms with E-state index in [2.05, 4.69) is 5.32 Å². The van der Waals surface area contributed by atoms with Gasteiger partial charge in [-0.15, -0.1) is 0 Å². The minimum absolute atomic E-state index is 0.145. The van der Waals surface area contributed by atoms with E-state index in [0.717, 1.165) is 11.1 Å². The number of hydrogen-bond donors (Lipinski definition) is 1. The van der Waals surface area contributed by atoms with Crippen molar-refractivity contribution in [3.8, 4) is 11.5 Å². The normalized spacial score (nSPS) is 20.9. The number of esters is 2. The van der Waals surface area contributed by atoms with Gasteiger partial charge in [-0.05, 0) is 62.6 Å². The van der Waals surface area contributed by atoms with Gasteiger partial charge in [-0.1, -0.05) is 24.3 Å². The lowest BCUT2D eigenvalue weighted by atomic mass is 9.67. The molecule has 0 saturated heterocycles. The molecule has 0 spiro atoms. The van der Waals surface area contributed by atoms with Crippen LogP contribution in [0.25, 0.3) is 0 Å². The van der Waals surface area contributed by atoms with Crippen LogP contribution in [-0.2, 0) is 23.9 Å². The van der Waals surface area contributed by atoms with Crippen molar-refractivity contribution < 1.29 is 33.3 Å². The molecule has 2 aliphatic rings. The molecule has 200 valence electrons. The number of hydrogen-bond acceptors (Lipinski definition) is 8. The van der Waals surface area contributed by atoms with E-state index >= 15 is 0 Å². The van der Waals surface area contributed by atoms with Crippen molar-refractivity contribution in [1.29, 1.82) is 0 Å². The van der Waals surface area contributed by atoms with Crippen molar-refractivity contribution in [2.45, 2.75) is 39.0 Å². The maximum atomic E-state index is 14.3. The molecular formula is C30H33NO7. The second-order valence-electron chi connectivity index (χ2n) is 9.16. The summed E-state index contributed by atoms with van der Waals surface area (Å²) in [5.41, 5.74) is 3.51. The van der Waals surface area contributed by atoms with Gasteiger partial charge >= 0.3 is 11.9 Å². The van der Waals surface area contributed by atoms with Crippen molar-refractivity contribution in [2.75, 3.05) is 27.4 Å². The highest BCUT2D eigenvalue weighted by molar-refractivity contribution is 6.13. The summed E-state index contributed by atoms with van der Waals surface area (Å²) in [6.45, 7) is 5.58. The third-order valence-electron chi connectivity index (χ3n) is 7.03. The van der Waals surface area contributed by atoms with E-state index in [1.807, 2.05) is 36.4 Å². The molecule has 1 N–H and O–H groups in total. The predicted molar refractivity (Wildman–Crippen MR) is 141 cm³/mol. The number of ketones is 1. The number of carbonyl (C=O) groups is 3. The third-order valence-corrected chi connectivity index (χ3v) is 7.03. The number of dihydropyridines is 1. The third kappa shape index (κ3) is 5.03. The number of carbonyl (C=O) groups excluding carboxylic acids is 3. The molecule has 1 aliphatic carbocycles. The lowest BCUT2D eigenvalue weighted by Crippen LogP contribution is -2.43. The average molecular weight is 520 g/mol. The van der Waals surface area contributed by atoms with Gasteiger partial charge in [0.2, 0.25) is 0 Å². The van der Waals surface area contributed by atoms with E-state index in [9.17, 15) is 14.4 Å². The minimum atomic E-state index is -1.08. The van der Waals surface area contributed by atoms with Gasteiger partial charge in [0.05, 0.1) is 33.0 Å². The summed E-state index contributed by atoms with van der Waals surface area (Å²) >= 11 is 0. The maximum Gasteiger partial charge on any atom is 0.336 e. The highest BCUT2D eigenvalue weighted by Gasteiger charge is 2.49. The number of ether oxygens (including phenoxy) is 4. The van der Waals surface area contributed by atoms with Gasteiger partial charge in [0, 0.05) is 28.8 Å². The van der Waals surface area contributed by atoms with Crippen LogP contribution < -0.4 is 14.8 Å². The molecule has 2 aromatic rings. The Morgan fingerprint density at radius 3 is 2.24 bits per heavy atom. The number of benzene rings is 2. The van der Waals surface area contributed by atoms with Crippen LogP contribution in [0, 0.1) is 5.92 Å². The Hall–Kier alpha value is -4.07. The van der Waals surface area contributed by atoms with Crippen LogP contribution in [0.3, 0.4) is 0 Å². The van der Waals surface area contributed by atoms with Crippen LogP contribution in [0.2, 0.25) is 0 Å². The monoisotopic (exact) mass is 519 g/mol. The highest BCUT2D eigenvalue weighted by atomic mass is 16.5. The molecule has 0 unspecified atom stereocenters. The molecule has 1 heterocycles. The summed E-state index contributed by atoms with van der Waals surface area (Å²) in [5.74, 6) is -2.47. The first-order valence-corrected chi connectivity index (χ1v) is 12.7. The standard InChI is InChI=1S/C30H33NO7/c1-6-37-29(33)24-17(3)31-23-16-22(19-9-8-10-21(15-19)36-5)26(30(34)38-7-2)28(32)27(23)25(24)18-11-13-20(35-4)14-12-18/h8-15,22,25-26,31H,6-7,16H2,1-5H3/t22-,25-,26-/m1/s1. The lowest BCUT2D eigenvalue weighted by Gasteiger charge is -2.39. The fraction of sp³-hybridized carbons (Fsp3) is 0.367. The van der Waals surface area contributed by atoms with Crippen LogP contribution in [0.15, 0.2) is 71.1 Å². The first-order valence-electron chi connectivity index (χ1n) is 12.7. The first kappa shape index (κ1) is 27.0. The summed E-state index contributed by atoms with van der Waals surface area (Å²) in [6.07, 6.45) is 0.373. The second-order valence-corrected chi connectivity index (χ2v) is 9.16. The van der Waals surface area contributed by atoms with Crippen molar-refractivity contribution in [3.05, 3.63) is 82.2 Å². The second kappa shape index (κ2) is 11.5. The molecule has 0 aromatic heterocycles. The number of Topliss-reactive ketones (excluding diaryl/α,β-unsaturated/α-hetero) is 1. The molecule has 0 amide bonds. The largest absolute Gasteiger partial charge is 0.497 e. The Morgan fingerprint density at radius 2 is 1.61 bits per heavy atom. The van der Waals surface area contributed by atoms with Gasteiger partial charge in [0.1, 0.15) is 17.4 Å². The Kier molecular flexibility index (Phi) is 8.20. The van der Waals surface area contributed by atoms with Crippen molar-refractivity contribution >= 4 is 17.7 Å². The van der Waals surface area contributed by atoms with Gasteiger partial charge in [0.15, 0.2) is 5.78 Å².